The van der Waals surface area contributed by atoms with Crippen molar-refractivity contribution >= 4 is 21.8 Å². The van der Waals surface area contributed by atoms with Gasteiger partial charge < -0.3 is 10.6 Å². The van der Waals surface area contributed by atoms with Crippen molar-refractivity contribution in [3.63, 3.8) is 0 Å². The molecule has 1 heterocycles. The van der Waals surface area contributed by atoms with E-state index in [1.165, 1.54) is 6.07 Å². The van der Waals surface area contributed by atoms with Crippen LogP contribution in [0.25, 0.3) is 0 Å². The molecule has 1 aromatic carbocycles. The summed E-state index contributed by atoms with van der Waals surface area (Å²) < 4.78 is 13.7. The molecule has 0 bridgehead atoms. The summed E-state index contributed by atoms with van der Waals surface area (Å²) in [4.78, 5) is 12.0. The average molecular weight is 329 g/mol. The molecule has 3 nitrogen and oxygen atoms in total. The van der Waals surface area contributed by atoms with Crippen molar-refractivity contribution in [1.29, 1.82) is 0 Å². The Bertz CT molecular complexity index is 473. The zero-order valence-corrected chi connectivity index (χ0v) is 12.5. The molecule has 1 unspecified atom stereocenters. The highest BCUT2D eigenvalue weighted by molar-refractivity contribution is 9.10. The maximum atomic E-state index is 13.4. The second kappa shape index (κ2) is 6.01. The summed E-state index contributed by atoms with van der Waals surface area (Å²) in [5.41, 5.74) is 0.440. The van der Waals surface area contributed by atoms with Crippen molar-refractivity contribution in [3.05, 3.63) is 34.1 Å². The lowest BCUT2D eigenvalue weighted by Gasteiger charge is -2.34. The number of carbonyl (C=O) groups is 1. The standard InChI is InChI=1S/C14H18BrFN2O/c1-14(5-2-6-17-8-14)9-18-13(19)10-3-4-11(15)12(16)7-10/h3-4,7,17H,2,5-6,8-9H2,1H3,(H,18,19). The first-order valence-corrected chi connectivity index (χ1v) is 7.23. The first-order chi connectivity index (χ1) is 9.00. The molecule has 104 valence electrons. The lowest BCUT2D eigenvalue weighted by Crippen LogP contribution is -2.45. The Morgan fingerprint density at radius 3 is 3.00 bits per heavy atom. The fourth-order valence-corrected chi connectivity index (χ4v) is 2.55. The van der Waals surface area contributed by atoms with Gasteiger partial charge in [-0.15, -0.1) is 0 Å². The van der Waals surface area contributed by atoms with Gasteiger partial charge in [0, 0.05) is 18.7 Å². The molecule has 1 amide bonds. The molecule has 1 fully saturated rings. The van der Waals surface area contributed by atoms with Crippen molar-refractivity contribution < 1.29 is 9.18 Å². The first kappa shape index (κ1) is 14.5. The fraction of sp³-hybridized carbons (Fsp3) is 0.500. The quantitative estimate of drug-likeness (QED) is 0.895. The van der Waals surface area contributed by atoms with Crippen LogP contribution in [0.1, 0.15) is 30.1 Å². The van der Waals surface area contributed by atoms with Crippen LogP contribution in [0, 0.1) is 11.2 Å². The van der Waals surface area contributed by atoms with Gasteiger partial charge in [0.2, 0.25) is 0 Å². The van der Waals surface area contributed by atoms with Crippen molar-refractivity contribution in [3.8, 4) is 0 Å². The second-order valence-electron chi connectivity index (χ2n) is 5.40. The van der Waals surface area contributed by atoms with E-state index in [0.29, 0.717) is 16.6 Å². The maximum absolute atomic E-state index is 13.4. The van der Waals surface area contributed by atoms with Gasteiger partial charge in [-0.1, -0.05) is 6.92 Å². The summed E-state index contributed by atoms with van der Waals surface area (Å²) in [6.07, 6.45) is 2.22. The fourth-order valence-electron chi connectivity index (χ4n) is 2.30. The van der Waals surface area contributed by atoms with Gasteiger partial charge in [-0.25, -0.2) is 4.39 Å². The summed E-state index contributed by atoms with van der Waals surface area (Å²) in [6.45, 7) is 4.71. The number of benzene rings is 1. The minimum atomic E-state index is -0.418. The number of halogens is 2. The molecule has 1 saturated heterocycles. The number of hydrogen-bond acceptors (Lipinski definition) is 2. The molecule has 5 heteroatoms. The van der Waals surface area contributed by atoms with Crippen LogP contribution < -0.4 is 10.6 Å². The Morgan fingerprint density at radius 2 is 2.37 bits per heavy atom. The Hall–Kier alpha value is -0.940. The average Bonchev–Trinajstić information content (AvgIpc) is 2.40. The topological polar surface area (TPSA) is 41.1 Å². The van der Waals surface area contributed by atoms with Gasteiger partial charge in [0.25, 0.3) is 5.91 Å². The molecule has 2 N–H and O–H groups in total. The van der Waals surface area contributed by atoms with Crippen LogP contribution in [-0.2, 0) is 0 Å². The molecule has 1 aliphatic rings. The predicted molar refractivity (Wildman–Crippen MR) is 76.6 cm³/mol. The Labute approximate surface area is 121 Å². The minimum absolute atomic E-state index is 0.0851. The lowest BCUT2D eigenvalue weighted by molar-refractivity contribution is 0.0924. The Balaban J connectivity index is 1.95. The highest BCUT2D eigenvalue weighted by atomic mass is 79.9. The van der Waals surface area contributed by atoms with Crippen molar-refractivity contribution in [2.75, 3.05) is 19.6 Å². The highest BCUT2D eigenvalue weighted by Crippen LogP contribution is 2.24. The van der Waals surface area contributed by atoms with Gasteiger partial charge >= 0.3 is 0 Å². The van der Waals surface area contributed by atoms with E-state index in [4.69, 9.17) is 0 Å². The molecule has 1 atom stereocenters. The maximum Gasteiger partial charge on any atom is 0.251 e. The molecule has 1 aromatic rings. The van der Waals surface area contributed by atoms with Crippen LogP contribution in [0.3, 0.4) is 0 Å². The summed E-state index contributed by atoms with van der Waals surface area (Å²) in [5.74, 6) is -0.642. The third-order valence-corrected chi connectivity index (χ3v) is 4.19. The van der Waals surface area contributed by atoms with Crippen molar-refractivity contribution in [2.24, 2.45) is 5.41 Å². The van der Waals surface area contributed by atoms with Gasteiger partial charge in [0.1, 0.15) is 5.82 Å². The molecular formula is C14H18BrFN2O. The van der Waals surface area contributed by atoms with Crippen LogP contribution in [-0.4, -0.2) is 25.5 Å². The van der Waals surface area contributed by atoms with E-state index in [1.807, 2.05) is 0 Å². The van der Waals surface area contributed by atoms with Gasteiger partial charge in [-0.2, -0.15) is 0 Å². The van der Waals surface area contributed by atoms with E-state index < -0.39 is 5.82 Å². The van der Waals surface area contributed by atoms with E-state index in [0.717, 1.165) is 25.9 Å². The van der Waals surface area contributed by atoms with Gasteiger partial charge in [0.05, 0.1) is 4.47 Å². The van der Waals surface area contributed by atoms with Gasteiger partial charge in [-0.3, -0.25) is 4.79 Å². The number of nitrogens with one attached hydrogen (secondary N) is 2. The number of carbonyl (C=O) groups excluding carboxylic acids is 1. The highest BCUT2D eigenvalue weighted by Gasteiger charge is 2.27. The third kappa shape index (κ3) is 3.76. The lowest BCUT2D eigenvalue weighted by atomic mass is 9.83. The predicted octanol–water partition coefficient (Wildman–Crippen LogP) is 2.71. The van der Waals surface area contributed by atoms with Crippen LogP contribution >= 0.6 is 15.9 Å². The molecule has 1 aliphatic heterocycles. The van der Waals surface area contributed by atoms with Crippen LogP contribution in [0.4, 0.5) is 4.39 Å². The third-order valence-electron chi connectivity index (χ3n) is 3.54. The molecular weight excluding hydrogens is 311 g/mol. The summed E-state index contributed by atoms with van der Waals surface area (Å²) in [6, 6.07) is 4.42. The Kier molecular flexibility index (Phi) is 4.58. The molecule has 19 heavy (non-hydrogen) atoms. The minimum Gasteiger partial charge on any atom is -0.351 e. The van der Waals surface area contributed by atoms with E-state index in [1.54, 1.807) is 12.1 Å². The van der Waals surface area contributed by atoms with E-state index in [-0.39, 0.29) is 11.3 Å². The normalized spacial score (nSPS) is 23.1. The van der Waals surface area contributed by atoms with E-state index in [9.17, 15) is 9.18 Å². The molecule has 2 rings (SSSR count). The summed E-state index contributed by atoms with van der Waals surface area (Å²) in [5, 5.41) is 6.23. The van der Waals surface area contributed by atoms with Gasteiger partial charge in [-0.05, 0) is 58.9 Å². The van der Waals surface area contributed by atoms with E-state index in [2.05, 4.69) is 33.5 Å². The smallest absolute Gasteiger partial charge is 0.251 e. The van der Waals surface area contributed by atoms with Crippen LogP contribution in [0.2, 0.25) is 0 Å². The Morgan fingerprint density at radius 1 is 1.58 bits per heavy atom. The van der Waals surface area contributed by atoms with E-state index >= 15 is 0 Å². The SMILES string of the molecule is CC1(CNC(=O)c2ccc(Br)c(F)c2)CCCNC1. The largest absolute Gasteiger partial charge is 0.351 e. The summed E-state index contributed by atoms with van der Waals surface area (Å²) >= 11 is 3.07. The number of hydrogen-bond donors (Lipinski definition) is 2. The van der Waals surface area contributed by atoms with Gasteiger partial charge in [0.15, 0.2) is 0 Å². The van der Waals surface area contributed by atoms with Crippen LogP contribution in [0.15, 0.2) is 22.7 Å². The zero-order chi connectivity index (χ0) is 13.9. The molecule has 0 radical (unpaired) electrons. The molecule has 0 spiro atoms. The molecule has 0 saturated carbocycles. The monoisotopic (exact) mass is 328 g/mol. The summed E-state index contributed by atoms with van der Waals surface area (Å²) in [7, 11) is 0. The number of piperidine rings is 1. The van der Waals surface area contributed by atoms with Crippen LogP contribution in [0.5, 0.6) is 0 Å². The zero-order valence-electron chi connectivity index (χ0n) is 10.9. The first-order valence-electron chi connectivity index (χ1n) is 6.44. The van der Waals surface area contributed by atoms with Crippen molar-refractivity contribution in [1.82, 2.24) is 10.6 Å². The number of rotatable bonds is 3. The number of amides is 1. The second-order valence-corrected chi connectivity index (χ2v) is 6.26. The van der Waals surface area contributed by atoms with Crippen molar-refractivity contribution in [2.45, 2.75) is 19.8 Å². The molecule has 0 aliphatic carbocycles. The molecule has 0 aromatic heterocycles.